The van der Waals surface area contributed by atoms with Crippen molar-refractivity contribution in [2.24, 2.45) is 5.92 Å². The molecule has 1 saturated heterocycles. The number of halogens is 3. The molecule has 5 nitrogen and oxygen atoms in total. The van der Waals surface area contributed by atoms with Gasteiger partial charge in [-0.15, -0.1) is 0 Å². The number of aliphatic carboxylic acids is 1. The first-order chi connectivity index (χ1) is 9.90. The maximum Gasteiger partial charge on any atom is 0.303 e. The molecular weight excluding hydrogens is 339 g/mol. The van der Waals surface area contributed by atoms with Crippen LogP contribution in [0.1, 0.15) is 29.8 Å². The van der Waals surface area contributed by atoms with Crippen molar-refractivity contribution in [1.29, 1.82) is 0 Å². The molecule has 1 unspecified atom stereocenters. The van der Waals surface area contributed by atoms with Crippen molar-refractivity contribution in [3.8, 4) is 0 Å². The lowest BCUT2D eigenvalue weighted by molar-refractivity contribution is -0.137. The molecule has 0 bridgehead atoms. The topological polar surface area (TPSA) is 70.5 Å². The molecule has 0 spiro atoms. The molecule has 0 radical (unpaired) electrons. The van der Waals surface area contributed by atoms with Crippen LogP contribution in [0, 0.1) is 5.92 Å². The first kappa shape index (κ1) is 16.3. The maximum absolute atomic E-state index is 12.4. The van der Waals surface area contributed by atoms with E-state index in [4.69, 9.17) is 39.9 Å². The van der Waals surface area contributed by atoms with Crippen molar-refractivity contribution < 1.29 is 14.7 Å². The zero-order valence-electron chi connectivity index (χ0n) is 11.0. The third-order valence-corrected chi connectivity index (χ3v) is 4.70. The summed E-state index contributed by atoms with van der Waals surface area (Å²) in [6.07, 6.45) is 2.74. The highest BCUT2D eigenvalue weighted by Gasteiger charge is 2.29. The van der Waals surface area contributed by atoms with Gasteiger partial charge in [-0.25, -0.2) is 4.98 Å². The fourth-order valence-corrected chi connectivity index (χ4v) is 2.88. The quantitative estimate of drug-likeness (QED) is 0.903. The summed E-state index contributed by atoms with van der Waals surface area (Å²) >= 11 is 17.7. The van der Waals surface area contributed by atoms with Gasteiger partial charge in [0.2, 0.25) is 0 Å². The smallest absolute Gasteiger partial charge is 0.303 e. The Bertz CT molecular complexity index is 580. The third-order valence-electron chi connectivity index (χ3n) is 3.46. The van der Waals surface area contributed by atoms with Crippen LogP contribution in [-0.4, -0.2) is 40.0 Å². The Hall–Kier alpha value is -1.04. The first-order valence-corrected chi connectivity index (χ1v) is 7.54. The number of carboxylic acids is 1. The number of likely N-dealkylation sites (tertiary alicyclic amines) is 1. The molecule has 21 heavy (non-hydrogen) atoms. The van der Waals surface area contributed by atoms with Gasteiger partial charge in [-0.05, 0) is 18.8 Å². The number of rotatable bonds is 4. The largest absolute Gasteiger partial charge is 0.481 e. The summed E-state index contributed by atoms with van der Waals surface area (Å²) in [6.45, 7) is 1.06. The Morgan fingerprint density at radius 3 is 2.71 bits per heavy atom. The zero-order chi connectivity index (χ0) is 15.6. The fraction of sp³-hybridized carbons (Fsp3) is 0.462. The summed E-state index contributed by atoms with van der Waals surface area (Å²) in [5.41, 5.74) is 0.0740. The molecule has 8 heteroatoms. The van der Waals surface area contributed by atoms with Crippen molar-refractivity contribution in [1.82, 2.24) is 9.88 Å². The number of pyridine rings is 1. The van der Waals surface area contributed by atoms with E-state index in [2.05, 4.69) is 4.98 Å². The lowest BCUT2D eigenvalue weighted by atomic mass is 10.0. The molecule has 2 rings (SSSR count). The molecule has 1 aliphatic rings. The van der Waals surface area contributed by atoms with Crippen molar-refractivity contribution in [2.45, 2.75) is 19.3 Å². The van der Waals surface area contributed by atoms with E-state index in [-0.39, 0.29) is 39.0 Å². The van der Waals surface area contributed by atoms with Gasteiger partial charge in [-0.2, -0.15) is 0 Å². The van der Waals surface area contributed by atoms with Crippen LogP contribution in [0.3, 0.4) is 0 Å². The number of carbonyl (C=O) groups excluding carboxylic acids is 1. The van der Waals surface area contributed by atoms with Gasteiger partial charge >= 0.3 is 5.97 Å². The Labute approximate surface area is 136 Å². The second kappa shape index (κ2) is 6.81. The Morgan fingerprint density at radius 2 is 2.05 bits per heavy atom. The Balaban J connectivity index is 2.05. The molecule has 1 aliphatic heterocycles. The van der Waals surface area contributed by atoms with E-state index >= 15 is 0 Å². The number of carbonyl (C=O) groups is 2. The van der Waals surface area contributed by atoms with Crippen LogP contribution in [0.5, 0.6) is 0 Å². The van der Waals surface area contributed by atoms with Crippen molar-refractivity contribution in [3.05, 3.63) is 27.0 Å². The van der Waals surface area contributed by atoms with Crippen molar-refractivity contribution >= 4 is 46.7 Å². The predicted molar refractivity (Wildman–Crippen MR) is 80.1 cm³/mol. The van der Waals surface area contributed by atoms with Gasteiger partial charge in [0.15, 0.2) is 0 Å². The normalized spacial score (nSPS) is 18.0. The van der Waals surface area contributed by atoms with Crippen LogP contribution >= 0.6 is 34.8 Å². The summed E-state index contributed by atoms with van der Waals surface area (Å²) in [6, 6.07) is 0. The molecule has 0 saturated carbocycles. The number of hydrogen-bond donors (Lipinski definition) is 1. The van der Waals surface area contributed by atoms with Crippen LogP contribution in [0.4, 0.5) is 0 Å². The second-order valence-corrected chi connectivity index (χ2v) is 6.08. The highest BCUT2D eigenvalue weighted by Crippen LogP contribution is 2.32. The Kier molecular flexibility index (Phi) is 5.30. The molecule has 1 amide bonds. The molecule has 1 aromatic rings. The van der Waals surface area contributed by atoms with Crippen LogP contribution in [0.25, 0.3) is 0 Å². The predicted octanol–water partition coefficient (Wildman–Crippen LogP) is 3.37. The number of nitrogens with zero attached hydrogens (tertiary/aromatic N) is 2. The minimum Gasteiger partial charge on any atom is -0.481 e. The third kappa shape index (κ3) is 3.78. The van der Waals surface area contributed by atoms with Gasteiger partial charge in [0, 0.05) is 25.7 Å². The van der Waals surface area contributed by atoms with E-state index in [1.807, 2.05) is 0 Å². The summed E-state index contributed by atoms with van der Waals surface area (Å²) in [7, 11) is 0. The average molecular weight is 352 g/mol. The summed E-state index contributed by atoms with van der Waals surface area (Å²) in [5, 5.41) is 9.03. The summed E-state index contributed by atoms with van der Waals surface area (Å²) < 4.78 is 0. The highest BCUT2D eigenvalue weighted by molar-refractivity contribution is 6.48. The lowest BCUT2D eigenvalue weighted by Gasteiger charge is -2.17. The van der Waals surface area contributed by atoms with Gasteiger partial charge in [-0.1, -0.05) is 34.8 Å². The van der Waals surface area contributed by atoms with E-state index in [9.17, 15) is 9.59 Å². The number of amides is 1. The highest BCUT2D eigenvalue weighted by atomic mass is 35.5. The summed E-state index contributed by atoms with van der Waals surface area (Å²) in [5.74, 6) is -0.947. The minimum atomic E-state index is -0.825. The van der Waals surface area contributed by atoms with Crippen LogP contribution in [0.2, 0.25) is 15.1 Å². The fourth-order valence-electron chi connectivity index (χ4n) is 2.32. The Morgan fingerprint density at radius 1 is 1.33 bits per heavy atom. The van der Waals surface area contributed by atoms with Gasteiger partial charge in [-0.3, -0.25) is 9.59 Å². The number of aromatic nitrogens is 1. The molecule has 1 fully saturated rings. The minimum absolute atomic E-state index is 0.0446. The van der Waals surface area contributed by atoms with Gasteiger partial charge < -0.3 is 10.0 Å². The van der Waals surface area contributed by atoms with Crippen LogP contribution < -0.4 is 0 Å². The van der Waals surface area contributed by atoms with E-state index in [0.717, 1.165) is 6.42 Å². The molecular formula is C13H13Cl3N2O3. The molecule has 114 valence electrons. The first-order valence-electron chi connectivity index (χ1n) is 6.40. The summed E-state index contributed by atoms with van der Waals surface area (Å²) in [4.78, 5) is 28.5. The second-order valence-electron chi connectivity index (χ2n) is 4.92. The number of carboxylic acid groups (broad SMARTS) is 1. The van der Waals surface area contributed by atoms with Gasteiger partial charge in [0.1, 0.15) is 5.69 Å². The van der Waals surface area contributed by atoms with E-state index in [1.165, 1.54) is 6.20 Å². The molecule has 1 atom stereocenters. The van der Waals surface area contributed by atoms with E-state index in [1.54, 1.807) is 4.90 Å². The van der Waals surface area contributed by atoms with Gasteiger partial charge in [0.25, 0.3) is 5.91 Å². The van der Waals surface area contributed by atoms with Crippen LogP contribution in [-0.2, 0) is 4.79 Å². The SMILES string of the molecule is O=C(O)CCC1CCN(C(=O)c2ncc(Cl)c(Cl)c2Cl)C1. The number of hydrogen-bond acceptors (Lipinski definition) is 3. The van der Waals surface area contributed by atoms with Crippen molar-refractivity contribution in [2.75, 3.05) is 13.1 Å². The molecule has 1 N–H and O–H groups in total. The molecule has 0 aliphatic carbocycles. The van der Waals surface area contributed by atoms with Gasteiger partial charge in [0.05, 0.1) is 15.1 Å². The molecule has 1 aromatic heterocycles. The molecule has 2 heterocycles. The van der Waals surface area contributed by atoms with E-state index < -0.39 is 5.97 Å². The average Bonchev–Trinajstić information content (AvgIpc) is 2.91. The van der Waals surface area contributed by atoms with E-state index in [0.29, 0.717) is 19.5 Å². The lowest BCUT2D eigenvalue weighted by Crippen LogP contribution is -2.29. The standard InChI is InChI=1S/C13H13Cl3N2O3/c14-8-5-17-12(11(16)10(8)15)13(21)18-4-3-7(6-18)1-2-9(19)20/h5,7H,1-4,6H2,(H,19,20). The monoisotopic (exact) mass is 350 g/mol. The van der Waals surface area contributed by atoms with Crippen LogP contribution in [0.15, 0.2) is 6.20 Å². The van der Waals surface area contributed by atoms with Crippen molar-refractivity contribution in [3.63, 3.8) is 0 Å². The maximum atomic E-state index is 12.4. The zero-order valence-corrected chi connectivity index (χ0v) is 13.3. The molecule has 0 aromatic carbocycles.